The number of nitrogens with zero attached hydrogens (tertiary/aromatic N) is 2. The van der Waals surface area contributed by atoms with Crippen LogP contribution in [-0.4, -0.2) is 31.1 Å². The number of hydrogen-bond acceptors (Lipinski definition) is 2. The number of alkyl halides is 2. The Bertz CT molecular complexity index is 495. The SMILES string of the molecule is C=C(C)N(C)C(=O)N(C)c1ccc(OC(C)(F)F)cc1. The van der Waals surface area contributed by atoms with E-state index in [0.717, 1.165) is 0 Å². The molecule has 0 saturated heterocycles. The number of urea groups is 1. The van der Waals surface area contributed by atoms with Crippen LogP contribution in [0.3, 0.4) is 0 Å². The number of carbonyl (C=O) groups excluding carboxylic acids is 1. The van der Waals surface area contributed by atoms with Crippen LogP contribution in [0.4, 0.5) is 19.3 Å². The van der Waals surface area contributed by atoms with Crippen LogP contribution in [0.1, 0.15) is 13.8 Å². The highest BCUT2D eigenvalue weighted by molar-refractivity contribution is 5.92. The number of carbonyl (C=O) groups is 1. The van der Waals surface area contributed by atoms with Gasteiger partial charge in [-0.05, 0) is 31.2 Å². The number of ether oxygens (including phenoxy) is 1. The molecule has 2 amide bonds. The Morgan fingerprint density at radius 2 is 1.75 bits per heavy atom. The number of halogens is 2. The number of rotatable bonds is 4. The van der Waals surface area contributed by atoms with E-state index in [-0.39, 0.29) is 11.8 Å². The van der Waals surface area contributed by atoms with Crippen LogP contribution >= 0.6 is 0 Å². The minimum atomic E-state index is -3.23. The molecule has 20 heavy (non-hydrogen) atoms. The summed E-state index contributed by atoms with van der Waals surface area (Å²) in [6.07, 6.45) is -3.23. The Kier molecular flexibility index (Phi) is 4.70. The summed E-state index contributed by atoms with van der Waals surface area (Å²) >= 11 is 0. The van der Waals surface area contributed by atoms with Crippen molar-refractivity contribution in [2.75, 3.05) is 19.0 Å². The first-order valence-electron chi connectivity index (χ1n) is 5.95. The van der Waals surface area contributed by atoms with Crippen molar-refractivity contribution in [2.24, 2.45) is 0 Å². The van der Waals surface area contributed by atoms with E-state index in [0.29, 0.717) is 18.3 Å². The summed E-state index contributed by atoms with van der Waals surface area (Å²) in [5.74, 6) is 0.0374. The highest BCUT2D eigenvalue weighted by Crippen LogP contribution is 2.24. The van der Waals surface area contributed by atoms with Crippen LogP contribution in [-0.2, 0) is 0 Å². The van der Waals surface area contributed by atoms with Gasteiger partial charge in [0.2, 0.25) is 0 Å². The summed E-state index contributed by atoms with van der Waals surface area (Å²) < 4.78 is 29.8. The van der Waals surface area contributed by atoms with Crippen molar-refractivity contribution in [1.82, 2.24) is 4.90 Å². The van der Waals surface area contributed by atoms with Gasteiger partial charge in [0.05, 0.1) is 0 Å². The lowest BCUT2D eigenvalue weighted by molar-refractivity contribution is -0.158. The summed E-state index contributed by atoms with van der Waals surface area (Å²) in [5.41, 5.74) is 1.17. The molecular formula is C14H18F2N2O2. The van der Waals surface area contributed by atoms with E-state index in [4.69, 9.17) is 0 Å². The van der Waals surface area contributed by atoms with Crippen LogP contribution in [0.25, 0.3) is 0 Å². The van der Waals surface area contributed by atoms with Crippen molar-refractivity contribution >= 4 is 11.7 Å². The summed E-state index contributed by atoms with van der Waals surface area (Å²) in [4.78, 5) is 14.8. The maximum Gasteiger partial charge on any atom is 0.394 e. The predicted molar refractivity (Wildman–Crippen MR) is 74.1 cm³/mol. The Morgan fingerprint density at radius 3 is 2.15 bits per heavy atom. The van der Waals surface area contributed by atoms with Crippen molar-refractivity contribution in [3.8, 4) is 5.75 Å². The minimum absolute atomic E-state index is 0.0374. The van der Waals surface area contributed by atoms with Crippen molar-refractivity contribution in [1.29, 1.82) is 0 Å². The molecule has 0 fully saturated rings. The first kappa shape index (κ1) is 15.9. The second-order valence-electron chi connectivity index (χ2n) is 4.54. The second-order valence-corrected chi connectivity index (χ2v) is 4.54. The van der Waals surface area contributed by atoms with E-state index in [1.165, 1.54) is 34.1 Å². The maximum atomic E-state index is 12.7. The number of amides is 2. The molecule has 1 aromatic rings. The van der Waals surface area contributed by atoms with Gasteiger partial charge in [0, 0.05) is 32.4 Å². The van der Waals surface area contributed by atoms with E-state index in [1.54, 1.807) is 21.0 Å². The molecule has 6 heteroatoms. The van der Waals surface area contributed by atoms with Crippen LogP contribution in [0, 0.1) is 0 Å². The molecule has 0 aliphatic rings. The Balaban J connectivity index is 2.83. The average molecular weight is 284 g/mol. The fourth-order valence-corrected chi connectivity index (χ4v) is 1.44. The number of benzene rings is 1. The van der Waals surface area contributed by atoms with Crippen LogP contribution in [0.15, 0.2) is 36.5 Å². The van der Waals surface area contributed by atoms with Gasteiger partial charge in [-0.1, -0.05) is 6.58 Å². The van der Waals surface area contributed by atoms with Crippen LogP contribution < -0.4 is 9.64 Å². The Labute approximate surface area is 117 Å². The van der Waals surface area contributed by atoms with Gasteiger partial charge in [-0.2, -0.15) is 8.78 Å². The zero-order chi connectivity index (χ0) is 15.5. The quantitative estimate of drug-likeness (QED) is 0.844. The van der Waals surface area contributed by atoms with Gasteiger partial charge < -0.3 is 9.64 Å². The third-order valence-electron chi connectivity index (χ3n) is 2.67. The second kappa shape index (κ2) is 5.90. The lowest BCUT2D eigenvalue weighted by atomic mass is 10.3. The topological polar surface area (TPSA) is 32.8 Å². The summed E-state index contributed by atoms with van der Waals surface area (Å²) in [6, 6.07) is 5.57. The molecule has 0 aliphatic heterocycles. The molecule has 0 radical (unpaired) electrons. The molecule has 0 aliphatic carbocycles. The standard InChI is InChI=1S/C14H18F2N2O2/c1-10(2)17(4)13(19)18(5)11-6-8-12(9-7-11)20-14(3,15)16/h6-9H,1H2,2-5H3. The third-order valence-corrected chi connectivity index (χ3v) is 2.67. The van der Waals surface area contributed by atoms with Crippen molar-refractivity contribution in [2.45, 2.75) is 20.0 Å². The molecule has 110 valence electrons. The molecule has 0 saturated carbocycles. The van der Waals surface area contributed by atoms with E-state index in [1.807, 2.05) is 0 Å². The summed E-state index contributed by atoms with van der Waals surface area (Å²) in [6.45, 7) is 6.06. The summed E-state index contributed by atoms with van der Waals surface area (Å²) in [5, 5.41) is 0. The van der Waals surface area contributed by atoms with Gasteiger partial charge in [0.1, 0.15) is 5.75 Å². The van der Waals surface area contributed by atoms with Crippen molar-refractivity contribution in [3.05, 3.63) is 36.5 Å². The smallest absolute Gasteiger partial charge is 0.394 e. The molecular weight excluding hydrogens is 266 g/mol. The van der Waals surface area contributed by atoms with Gasteiger partial charge in [-0.3, -0.25) is 4.90 Å². The van der Waals surface area contributed by atoms with Crippen LogP contribution in [0.2, 0.25) is 0 Å². The molecule has 0 N–H and O–H groups in total. The molecule has 4 nitrogen and oxygen atoms in total. The van der Waals surface area contributed by atoms with Gasteiger partial charge in [0.15, 0.2) is 0 Å². The third kappa shape index (κ3) is 4.22. The number of hydrogen-bond donors (Lipinski definition) is 0. The Morgan fingerprint density at radius 1 is 1.25 bits per heavy atom. The van der Waals surface area contributed by atoms with E-state index in [9.17, 15) is 13.6 Å². The first-order chi connectivity index (χ1) is 9.11. The summed E-state index contributed by atoms with van der Waals surface area (Å²) in [7, 11) is 3.20. The van der Waals surface area contributed by atoms with Gasteiger partial charge in [-0.25, -0.2) is 4.79 Å². The molecule has 0 unspecified atom stereocenters. The fourth-order valence-electron chi connectivity index (χ4n) is 1.44. The minimum Gasteiger partial charge on any atom is -0.433 e. The van der Waals surface area contributed by atoms with Gasteiger partial charge in [-0.15, -0.1) is 0 Å². The highest BCUT2D eigenvalue weighted by Gasteiger charge is 2.23. The van der Waals surface area contributed by atoms with E-state index in [2.05, 4.69) is 11.3 Å². The largest absolute Gasteiger partial charge is 0.433 e. The zero-order valence-corrected chi connectivity index (χ0v) is 12.0. The molecule has 0 atom stereocenters. The van der Waals surface area contributed by atoms with E-state index >= 15 is 0 Å². The molecule has 0 aromatic heterocycles. The monoisotopic (exact) mass is 284 g/mol. The maximum absolute atomic E-state index is 12.7. The highest BCUT2D eigenvalue weighted by atomic mass is 19.3. The average Bonchev–Trinajstić information content (AvgIpc) is 2.35. The molecule has 0 bridgehead atoms. The van der Waals surface area contributed by atoms with Gasteiger partial charge >= 0.3 is 12.1 Å². The van der Waals surface area contributed by atoms with Crippen molar-refractivity contribution < 1.29 is 18.3 Å². The molecule has 0 spiro atoms. The predicted octanol–water partition coefficient (Wildman–Crippen LogP) is 3.70. The molecule has 0 heterocycles. The molecule has 1 aromatic carbocycles. The fraction of sp³-hybridized carbons (Fsp3) is 0.357. The first-order valence-corrected chi connectivity index (χ1v) is 5.95. The normalized spacial score (nSPS) is 10.9. The van der Waals surface area contributed by atoms with Crippen LogP contribution in [0.5, 0.6) is 5.75 Å². The van der Waals surface area contributed by atoms with E-state index < -0.39 is 6.11 Å². The van der Waals surface area contributed by atoms with Gasteiger partial charge in [0.25, 0.3) is 0 Å². The van der Waals surface area contributed by atoms with Crippen molar-refractivity contribution in [3.63, 3.8) is 0 Å². The lowest BCUT2D eigenvalue weighted by Gasteiger charge is -2.25. The number of allylic oxidation sites excluding steroid dienone is 1. The lowest BCUT2D eigenvalue weighted by Crippen LogP contribution is -2.37. The zero-order valence-electron chi connectivity index (χ0n) is 12.0. The number of anilines is 1. The molecule has 1 rings (SSSR count). The Hall–Kier alpha value is -2.11.